The quantitative estimate of drug-likeness (QED) is 0.225. The standard InChI is InChI=1S/C24H23N7OS/c1-18-10-12-19(13-11-18)26-16-22-28-30-24(31(22)21-8-3-2-4-9-21)33-17-23(32)29-27-15-20-7-5-6-14-25-20/h2-15,26H,16-17H2,1H3,(H,29,32)/b27-15+. The molecule has 0 aliphatic rings. The Balaban J connectivity index is 1.43. The van der Waals surface area contributed by atoms with E-state index in [-0.39, 0.29) is 11.7 Å². The molecule has 33 heavy (non-hydrogen) atoms. The summed E-state index contributed by atoms with van der Waals surface area (Å²) in [7, 11) is 0. The molecule has 2 N–H and O–H groups in total. The topological polar surface area (TPSA) is 97.1 Å². The highest BCUT2D eigenvalue weighted by molar-refractivity contribution is 7.99. The number of amides is 1. The lowest BCUT2D eigenvalue weighted by Gasteiger charge is -2.11. The minimum atomic E-state index is -0.242. The molecule has 9 heteroatoms. The molecule has 2 aromatic heterocycles. The molecule has 0 fully saturated rings. The summed E-state index contributed by atoms with van der Waals surface area (Å²) in [6.07, 6.45) is 3.17. The summed E-state index contributed by atoms with van der Waals surface area (Å²) in [6, 6.07) is 23.5. The van der Waals surface area contributed by atoms with Gasteiger partial charge in [-0.2, -0.15) is 5.10 Å². The van der Waals surface area contributed by atoms with Crippen molar-refractivity contribution < 1.29 is 4.79 Å². The van der Waals surface area contributed by atoms with Crippen molar-refractivity contribution in [3.05, 3.63) is 96.1 Å². The van der Waals surface area contributed by atoms with E-state index < -0.39 is 0 Å². The molecule has 0 aliphatic carbocycles. The monoisotopic (exact) mass is 457 g/mol. The number of hydrazone groups is 1. The normalized spacial score (nSPS) is 10.9. The molecule has 0 aliphatic heterocycles. The van der Waals surface area contributed by atoms with Gasteiger partial charge in [0.2, 0.25) is 0 Å². The lowest BCUT2D eigenvalue weighted by molar-refractivity contribution is -0.118. The number of para-hydroxylation sites is 1. The van der Waals surface area contributed by atoms with E-state index in [0.717, 1.165) is 17.2 Å². The highest BCUT2D eigenvalue weighted by Gasteiger charge is 2.15. The van der Waals surface area contributed by atoms with Crippen LogP contribution in [0.3, 0.4) is 0 Å². The molecule has 0 atom stereocenters. The second-order valence-corrected chi connectivity index (χ2v) is 8.07. The zero-order chi connectivity index (χ0) is 22.9. The van der Waals surface area contributed by atoms with Crippen molar-refractivity contribution in [2.75, 3.05) is 11.1 Å². The van der Waals surface area contributed by atoms with Crippen LogP contribution in [0.15, 0.2) is 89.3 Å². The molecule has 2 heterocycles. The number of aromatic nitrogens is 4. The van der Waals surface area contributed by atoms with Crippen LogP contribution >= 0.6 is 11.8 Å². The zero-order valence-corrected chi connectivity index (χ0v) is 18.9. The van der Waals surface area contributed by atoms with Gasteiger partial charge in [0.1, 0.15) is 0 Å². The van der Waals surface area contributed by atoms with Gasteiger partial charge in [0.15, 0.2) is 11.0 Å². The number of carbonyl (C=O) groups excluding carboxylic acids is 1. The molecule has 0 bridgehead atoms. The number of nitrogens with zero attached hydrogens (tertiary/aromatic N) is 5. The third-order valence-corrected chi connectivity index (χ3v) is 5.55. The Hall–Kier alpha value is -3.98. The van der Waals surface area contributed by atoms with Crippen molar-refractivity contribution in [3.8, 4) is 5.69 Å². The van der Waals surface area contributed by atoms with Crippen LogP contribution in [0.4, 0.5) is 5.69 Å². The van der Waals surface area contributed by atoms with Gasteiger partial charge in [-0.3, -0.25) is 14.3 Å². The lowest BCUT2D eigenvalue weighted by Crippen LogP contribution is -2.20. The van der Waals surface area contributed by atoms with E-state index in [4.69, 9.17) is 0 Å². The van der Waals surface area contributed by atoms with Gasteiger partial charge in [-0.15, -0.1) is 10.2 Å². The Morgan fingerprint density at radius 1 is 1.03 bits per heavy atom. The first-order chi connectivity index (χ1) is 16.2. The minimum absolute atomic E-state index is 0.149. The summed E-state index contributed by atoms with van der Waals surface area (Å²) >= 11 is 1.30. The van der Waals surface area contributed by atoms with E-state index in [9.17, 15) is 4.79 Å². The van der Waals surface area contributed by atoms with Crippen molar-refractivity contribution in [1.82, 2.24) is 25.2 Å². The second-order valence-electron chi connectivity index (χ2n) is 7.13. The van der Waals surface area contributed by atoms with E-state index in [1.807, 2.05) is 59.2 Å². The molecular weight excluding hydrogens is 434 g/mol. The highest BCUT2D eigenvalue weighted by Crippen LogP contribution is 2.22. The van der Waals surface area contributed by atoms with Gasteiger partial charge in [0.25, 0.3) is 5.91 Å². The van der Waals surface area contributed by atoms with Crippen molar-refractivity contribution in [1.29, 1.82) is 0 Å². The van der Waals surface area contributed by atoms with Gasteiger partial charge in [-0.25, -0.2) is 5.43 Å². The molecule has 0 radical (unpaired) electrons. The number of thioether (sulfide) groups is 1. The SMILES string of the molecule is Cc1ccc(NCc2nnc(SCC(=O)N/N=C/c3ccccn3)n2-c2ccccc2)cc1. The van der Waals surface area contributed by atoms with E-state index in [1.54, 1.807) is 12.3 Å². The van der Waals surface area contributed by atoms with Gasteiger partial charge >= 0.3 is 0 Å². The Morgan fingerprint density at radius 2 is 1.82 bits per heavy atom. The Kier molecular flexibility index (Phi) is 7.44. The highest BCUT2D eigenvalue weighted by atomic mass is 32.2. The van der Waals surface area contributed by atoms with Crippen LogP contribution in [0.2, 0.25) is 0 Å². The molecule has 8 nitrogen and oxygen atoms in total. The van der Waals surface area contributed by atoms with Gasteiger partial charge in [0.05, 0.1) is 24.2 Å². The number of rotatable bonds is 9. The van der Waals surface area contributed by atoms with Crippen LogP contribution in [-0.4, -0.2) is 37.6 Å². The summed E-state index contributed by atoms with van der Waals surface area (Å²) in [6.45, 7) is 2.55. The van der Waals surface area contributed by atoms with Gasteiger partial charge < -0.3 is 5.32 Å². The summed E-state index contributed by atoms with van der Waals surface area (Å²) < 4.78 is 1.95. The average Bonchev–Trinajstić information content (AvgIpc) is 3.26. The average molecular weight is 458 g/mol. The summed E-state index contributed by atoms with van der Waals surface area (Å²) in [4.78, 5) is 16.4. The fourth-order valence-electron chi connectivity index (χ4n) is 2.98. The predicted molar refractivity (Wildman–Crippen MR) is 131 cm³/mol. The fourth-order valence-corrected chi connectivity index (χ4v) is 3.75. The summed E-state index contributed by atoms with van der Waals surface area (Å²) in [5.74, 6) is 0.655. The smallest absolute Gasteiger partial charge is 0.250 e. The van der Waals surface area contributed by atoms with Crippen molar-refractivity contribution >= 4 is 29.6 Å². The van der Waals surface area contributed by atoms with E-state index in [0.29, 0.717) is 17.4 Å². The number of aryl methyl sites for hydroxylation is 1. The fraction of sp³-hybridized carbons (Fsp3) is 0.125. The molecule has 2 aromatic carbocycles. The first-order valence-corrected chi connectivity index (χ1v) is 11.3. The van der Waals surface area contributed by atoms with Crippen LogP contribution in [0.1, 0.15) is 17.1 Å². The summed E-state index contributed by atoms with van der Waals surface area (Å²) in [5.41, 5.74) is 6.32. The molecule has 0 saturated heterocycles. The zero-order valence-electron chi connectivity index (χ0n) is 18.0. The molecule has 0 saturated carbocycles. The maximum absolute atomic E-state index is 12.3. The Labute approximate surface area is 196 Å². The summed E-state index contributed by atoms with van der Waals surface area (Å²) in [5, 5.41) is 16.7. The number of hydrogen-bond donors (Lipinski definition) is 2. The Bertz CT molecular complexity index is 1210. The maximum Gasteiger partial charge on any atom is 0.250 e. The number of pyridine rings is 1. The van der Waals surface area contributed by atoms with Gasteiger partial charge in [0, 0.05) is 17.6 Å². The van der Waals surface area contributed by atoms with Crippen LogP contribution in [0.5, 0.6) is 0 Å². The van der Waals surface area contributed by atoms with E-state index in [1.165, 1.54) is 23.5 Å². The minimum Gasteiger partial charge on any atom is -0.378 e. The van der Waals surface area contributed by atoms with Crippen LogP contribution in [-0.2, 0) is 11.3 Å². The van der Waals surface area contributed by atoms with Crippen LogP contribution < -0.4 is 10.7 Å². The van der Waals surface area contributed by atoms with Gasteiger partial charge in [-0.05, 0) is 43.3 Å². The lowest BCUT2D eigenvalue weighted by atomic mass is 10.2. The van der Waals surface area contributed by atoms with E-state index >= 15 is 0 Å². The van der Waals surface area contributed by atoms with Crippen LogP contribution in [0, 0.1) is 6.92 Å². The molecule has 0 spiro atoms. The van der Waals surface area contributed by atoms with Crippen molar-refractivity contribution in [2.24, 2.45) is 5.10 Å². The third-order valence-electron chi connectivity index (χ3n) is 4.62. The Morgan fingerprint density at radius 3 is 2.58 bits per heavy atom. The number of carbonyl (C=O) groups is 1. The number of benzene rings is 2. The molecule has 4 rings (SSSR count). The molecule has 0 unspecified atom stereocenters. The molecule has 1 amide bonds. The van der Waals surface area contributed by atoms with Crippen molar-refractivity contribution in [2.45, 2.75) is 18.6 Å². The predicted octanol–water partition coefficient (Wildman–Crippen LogP) is 3.83. The first-order valence-electron chi connectivity index (χ1n) is 10.3. The largest absolute Gasteiger partial charge is 0.378 e. The number of hydrogen-bond acceptors (Lipinski definition) is 7. The second kappa shape index (κ2) is 11.1. The third kappa shape index (κ3) is 6.27. The van der Waals surface area contributed by atoms with Crippen LogP contribution in [0.25, 0.3) is 5.69 Å². The van der Waals surface area contributed by atoms with Crippen molar-refractivity contribution in [3.63, 3.8) is 0 Å². The number of nitrogens with one attached hydrogen (secondary N) is 2. The van der Waals surface area contributed by atoms with Gasteiger partial charge in [-0.1, -0.05) is 53.7 Å². The number of anilines is 1. The van der Waals surface area contributed by atoms with E-state index in [2.05, 4.69) is 50.1 Å². The molecule has 166 valence electrons. The first kappa shape index (κ1) is 22.2. The maximum atomic E-state index is 12.3. The molecule has 4 aromatic rings. The molecular formula is C24H23N7OS.